The largest absolute Gasteiger partial charge is 0.478 e. The predicted molar refractivity (Wildman–Crippen MR) is 76.2 cm³/mol. The first-order valence-corrected chi connectivity index (χ1v) is 7.49. The van der Waals surface area contributed by atoms with Crippen molar-refractivity contribution in [2.75, 3.05) is 32.9 Å². The number of rotatable bonds is 7. The molecule has 7 nitrogen and oxygen atoms in total. The van der Waals surface area contributed by atoms with Gasteiger partial charge in [0.15, 0.2) is 0 Å². The van der Waals surface area contributed by atoms with Crippen molar-refractivity contribution in [2.24, 2.45) is 0 Å². The van der Waals surface area contributed by atoms with E-state index in [-0.39, 0.29) is 22.7 Å². The molecule has 8 heteroatoms. The molecule has 0 spiro atoms. The lowest BCUT2D eigenvalue weighted by atomic mass is 10.2. The summed E-state index contributed by atoms with van der Waals surface area (Å²) in [6.07, 6.45) is 0.622. The number of sulfonamides is 1. The zero-order chi connectivity index (χ0) is 15.3. The number of anilines is 1. The number of nitrogen functional groups attached to an aromatic ring is 1. The average molecular weight is 301 g/mol. The fourth-order valence-electron chi connectivity index (χ4n) is 1.62. The number of aromatic carboxylic acids is 1. The van der Waals surface area contributed by atoms with E-state index in [1.807, 2.05) is 19.0 Å². The third kappa shape index (κ3) is 4.48. The fourth-order valence-corrected chi connectivity index (χ4v) is 2.92. The molecule has 1 rings (SSSR count). The third-order valence-electron chi connectivity index (χ3n) is 2.60. The van der Waals surface area contributed by atoms with Gasteiger partial charge in [-0.05, 0) is 45.3 Å². The molecule has 20 heavy (non-hydrogen) atoms. The van der Waals surface area contributed by atoms with Gasteiger partial charge in [-0.15, -0.1) is 0 Å². The van der Waals surface area contributed by atoms with Crippen LogP contribution >= 0.6 is 0 Å². The summed E-state index contributed by atoms with van der Waals surface area (Å²) in [5.74, 6) is -1.31. The molecule has 0 amide bonds. The molecule has 0 saturated heterocycles. The highest BCUT2D eigenvalue weighted by Crippen LogP contribution is 2.19. The van der Waals surface area contributed by atoms with Gasteiger partial charge in [-0.25, -0.2) is 17.9 Å². The molecule has 4 N–H and O–H groups in total. The lowest BCUT2D eigenvalue weighted by molar-refractivity contribution is 0.0692. The van der Waals surface area contributed by atoms with Gasteiger partial charge in [0.05, 0.1) is 10.5 Å². The molecule has 0 aliphatic rings. The van der Waals surface area contributed by atoms with Crippen molar-refractivity contribution >= 4 is 21.7 Å². The molecule has 0 atom stereocenters. The van der Waals surface area contributed by atoms with E-state index < -0.39 is 16.0 Å². The van der Waals surface area contributed by atoms with E-state index in [2.05, 4.69) is 4.72 Å². The fraction of sp³-hybridized carbons (Fsp3) is 0.417. The van der Waals surface area contributed by atoms with E-state index >= 15 is 0 Å². The van der Waals surface area contributed by atoms with Crippen LogP contribution in [0.3, 0.4) is 0 Å². The second kappa shape index (κ2) is 6.69. The molecule has 0 heterocycles. The number of nitrogens with zero attached hydrogens (tertiary/aromatic N) is 1. The highest BCUT2D eigenvalue weighted by atomic mass is 32.2. The van der Waals surface area contributed by atoms with Gasteiger partial charge >= 0.3 is 5.97 Å². The van der Waals surface area contributed by atoms with Crippen LogP contribution < -0.4 is 10.5 Å². The first kappa shape index (κ1) is 16.4. The maximum absolute atomic E-state index is 12.1. The quantitative estimate of drug-likeness (QED) is 0.490. The molecule has 0 aromatic heterocycles. The van der Waals surface area contributed by atoms with Crippen molar-refractivity contribution < 1.29 is 18.3 Å². The lowest BCUT2D eigenvalue weighted by Crippen LogP contribution is -2.28. The van der Waals surface area contributed by atoms with Crippen molar-refractivity contribution in [2.45, 2.75) is 11.3 Å². The normalized spacial score (nSPS) is 11.8. The maximum Gasteiger partial charge on any atom is 0.337 e. The van der Waals surface area contributed by atoms with Crippen molar-refractivity contribution in [1.29, 1.82) is 0 Å². The summed E-state index contributed by atoms with van der Waals surface area (Å²) in [5.41, 5.74) is 5.43. The number of hydrogen-bond donors (Lipinski definition) is 3. The van der Waals surface area contributed by atoms with Crippen LogP contribution in [0.25, 0.3) is 0 Å². The van der Waals surface area contributed by atoms with Gasteiger partial charge in [0.1, 0.15) is 0 Å². The molecule has 0 bridgehead atoms. The zero-order valence-corrected chi connectivity index (χ0v) is 12.3. The Kier molecular flexibility index (Phi) is 5.49. The van der Waals surface area contributed by atoms with Crippen LogP contribution in [0.4, 0.5) is 5.69 Å². The highest BCUT2D eigenvalue weighted by molar-refractivity contribution is 7.89. The van der Waals surface area contributed by atoms with Gasteiger partial charge in [-0.1, -0.05) is 0 Å². The van der Waals surface area contributed by atoms with Crippen LogP contribution in [-0.2, 0) is 10.0 Å². The van der Waals surface area contributed by atoms with E-state index in [0.717, 1.165) is 12.6 Å². The van der Waals surface area contributed by atoms with E-state index in [9.17, 15) is 13.2 Å². The summed E-state index contributed by atoms with van der Waals surface area (Å²) >= 11 is 0. The number of nitrogens with two attached hydrogens (primary N) is 1. The van der Waals surface area contributed by atoms with Gasteiger partial charge in [0.2, 0.25) is 10.0 Å². The Bertz CT molecular complexity index is 584. The smallest absolute Gasteiger partial charge is 0.337 e. The van der Waals surface area contributed by atoms with Crippen LogP contribution in [0.2, 0.25) is 0 Å². The zero-order valence-electron chi connectivity index (χ0n) is 11.5. The summed E-state index contributed by atoms with van der Waals surface area (Å²) in [6, 6.07) is 3.69. The summed E-state index contributed by atoms with van der Waals surface area (Å²) in [7, 11) is -0.118. The second-order valence-electron chi connectivity index (χ2n) is 4.62. The Labute approximate surface area is 118 Å². The number of carboxylic acid groups (broad SMARTS) is 1. The molecule has 0 saturated carbocycles. The Hall–Kier alpha value is -1.64. The molecule has 0 radical (unpaired) electrons. The average Bonchev–Trinajstić information content (AvgIpc) is 2.34. The van der Waals surface area contributed by atoms with Crippen LogP contribution in [-0.4, -0.2) is 51.6 Å². The predicted octanol–water partition coefficient (Wildman–Crippen LogP) is 0.197. The standard InChI is InChI=1S/C12H19N3O4S/c1-15(2)7-3-6-14-20(18,19)11-8-9(13)4-5-10(11)12(16)17/h4-5,8,14H,3,6-7,13H2,1-2H3,(H,16,17). The van der Waals surface area contributed by atoms with Crippen molar-refractivity contribution in [3.05, 3.63) is 23.8 Å². The van der Waals surface area contributed by atoms with Gasteiger partial charge in [0.25, 0.3) is 0 Å². The molecule has 0 aliphatic carbocycles. The van der Waals surface area contributed by atoms with E-state index in [1.165, 1.54) is 12.1 Å². The van der Waals surface area contributed by atoms with E-state index in [0.29, 0.717) is 6.42 Å². The van der Waals surface area contributed by atoms with Crippen molar-refractivity contribution in [3.63, 3.8) is 0 Å². The molecule has 112 valence electrons. The molecule has 0 aliphatic heterocycles. The van der Waals surface area contributed by atoms with Gasteiger partial charge in [0, 0.05) is 12.2 Å². The summed E-state index contributed by atoms with van der Waals surface area (Å²) in [4.78, 5) is 12.7. The topological polar surface area (TPSA) is 113 Å². The molecule has 0 fully saturated rings. The Balaban J connectivity index is 2.92. The third-order valence-corrected chi connectivity index (χ3v) is 4.10. The molecular weight excluding hydrogens is 282 g/mol. The molecule has 1 aromatic carbocycles. The first-order chi connectivity index (χ1) is 9.24. The van der Waals surface area contributed by atoms with Gasteiger partial charge < -0.3 is 15.7 Å². The van der Waals surface area contributed by atoms with E-state index in [4.69, 9.17) is 10.8 Å². The van der Waals surface area contributed by atoms with Crippen LogP contribution in [0, 0.1) is 0 Å². The summed E-state index contributed by atoms with van der Waals surface area (Å²) in [5, 5.41) is 9.02. The monoisotopic (exact) mass is 301 g/mol. The number of carboxylic acids is 1. The SMILES string of the molecule is CN(C)CCCNS(=O)(=O)c1cc(N)ccc1C(=O)O. The van der Waals surface area contributed by atoms with Crippen LogP contribution in [0.5, 0.6) is 0 Å². The minimum absolute atomic E-state index is 0.198. The molecule has 1 aromatic rings. The van der Waals surface area contributed by atoms with Gasteiger partial charge in [-0.3, -0.25) is 0 Å². The maximum atomic E-state index is 12.1. The van der Waals surface area contributed by atoms with Crippen molar-refractivity contribution in [1.82, 2.24) is 9.62 Å². The summed E-state index contributed by atoms with van der Waals surface area (Å²) in [6.45, 7) is 0.958. The Morgan fingerprint density at radius 2 is 2.05 bits per heavy atom. The number of nitrogens with one attached hydrogen (secondary N) is 1. The number of benzene rings is 1. The number of carbonyl (C=O) groups is 1. The molecule has 0 unspecified atom stereocenters. The lowest BCUT2D eigenvalue weighted by Gasteiger charge is -2.12. The minimum atomic E-state index is -3.89. The molecular formula is C12H19N3O4S. The second-order valence-corrected chi connectivity index (χ2v) is 6.35. The van der Waals surface area contributed by atoms with Crippen LogP contribution in [0.15, 0.2) is 23.1 Å². The summed E-state index contributed by atoms with van der Waals surface area (Å²) < 4.78 is 26.6. The minimum Gasteiger partial charge on any atom is -0.478 e. The highest BCUT2D eigenvalue weighted by Gasteiger charge is 2.22. The van der Waals surface area contributed by atoms with Gasteiger partial charge in [-0.2, -0.15) is 0 Å². The Morgan fingerprint density at radius 3 is 2.60 bits per heavy atom. The Morgan fingerprint density at radius 1 is 1.40 bits per heavy atom. The number of hydrogen-bond acceptors (Lipinski definition) is 5. The first-order valence-electron chi connectivity index (χ1n) is 6.01. The van der Waals surface area contributed by atoms with Crippen molar-refractivity contribution in [3.8, 4) is 0 Å². The van der Waals surface area contributed by atoms with Crippen LogP contribution in [0.1, 0.15) is 16.8 Å². The van der Waals surface area contributed by atoms with E-state index in [1.54, 1.807) is 0 Å².